The van der Waals surface area contributed by atoms with E-state index in [1.807, 2.05) is 6.92 Å². The third kappa shape index (κ3) is 1.75. The molecule has 2 fully saturated rings. The highest BCUT2D eigenvalue weighted by molar-refractivity contribution is 4.98. The zero-order valence-corrected chi connectivity index (χ0v) is 8.51. The highest BCUT2D eigenvalue weighted by Gasteiger charge is 2.47. The van der Waals surface area contributed by atoms with Crippen molar-refractivity contribution >= 4 is 0 Å². The van der Waals surface area contributed by atoms with Crippen molar-refractivity contribution in [3.8, 4) is 0 Å². The summed E-state index contributed by atoms with van der Waals surface area (Å²) in [7, 11) is 0. The smallest absolute Gasteiger partial charge is 0.0905 e. The maximum absolute atomic E-state index is 10.1. The summed E-state index contributed by atoms with van der Waals surface area (Å²) in [5.74, 6) is 0. The van der Waals surface area contributed by atoms with Gasteiger partial charge in [-0.1, -0.05) is 26.2 Å². The molecule has 1 heterocycles. The molecule has 1 unspecified atom stereocenters. The summed E-state index contributed by atoms with van der Waals surface area (Å²) < 4.78 is 5.84. The van der Waals surface area contributed by atoms with Crippen molar-refractivity contribution in [2.45, 2.75) is 63.1 Å². The van der Waals surface area contributed by atoms with Gasteiger partial charge in [0.2, 0.25) is 0 Å². The van der Waals surface area contributed by atoms with E-state index in [-0.39, 0.29) is 5.60 Å². The maximum atomic E-state index is 10.1. The Kier molecular flexibility index (Phi) is 2.37. The summed E-state index contributed by atoms with van der Waals surface area (Å²) in [6.45, 7) is 2.61. The van der Waals surface area contributed by atoms with Gasteiger partial charge in [0.05, 0.1) is 17.8 Å². The van der Waals surface area contributed by atoms with Crippen molar-refractivity contribution < 1.29 is 9.84 Å². The quantitative estimate of drug-likeness (QED) is 0.677. The molecule has 2 rings (SSSR count). The Morgan fingerprint density at radius 3 is 2.46 bits per heavy atom. The Hall–Kier alpha value is -0.0800. The number of aliphatic hydroxyl groups is 1. The molecule has 1 N–H and O–H groups in total. The molecule has 13 heavy (non-hydrogen) atoms. The van der Waals surface area contributed by atoms with Crippen LogP contribution in [0.3, 0.4) is 0 Å². The Morgan fingerprint density at radius 1 is 1.23 bits per heavy atom. The van der Waals surface area contributed by atoms with Crippen LogP contribution in [0.25, 0.3) is 0 Å². The van der Waals surface area contributed by atoms with Crippen molar-refractivity contribution in [1.82, 2.24) is 0 Å². The van der Waals surface area contributed by atoms with Crippen LogP contribution in [-0.4, -0.2) is 22.9 Å². The number of hydrogen-bond acceptors (Lipinski definition) is 2. The predicted octanol–water partition coefficient (Wildman–Crippen LogP) is 2.25. The standard InChI is InChI=1S/C11H20O2/c1-2-10(12)8-11(13-9-10)6-4-3-5-7-11/h12H,2-9H2,1H3. The highest BCUT2D eigenvalue weighted by atomic mass is 16.5. The number of ether oxygens (including phenoxy) is 1. The number of rotatable bonds is 1. The van der Waals surface area contributed by atoms with E-state index >= 15 is 0 Å². The minimum atomic E-state index is -0.517. The lowest BCUT2D eigenvalue weighted by Gasteiger charge is -2.33. The molecule has 1 aliphatic carbocycles. The van der Waals surface area contributed by atoms with Crippen molar-refractivity contribution in [1.29, 1.82) is 0 Å². The highest BCUT2D eigenvalue weighted by Crippen LogP contribution is 2.44. The third-order valence-corrected chi connectivity index (χ3v) is 3.72. The lowest BCUT2D eigenvalue weighted by molar-refractivity contribution is -0.0312. The fourth-order valence-corrected chi connectivity index (χ4v) is 2.73. The van der Waals surface area contributed by atoms with Crippen LogP contribution in [-0.2, 0) is 4.74 Å². The van der Waals surface area contributed by atoms with Crippen LogP contribution in [0, 0.1) is 0 Å². The minimum Gasteiger partial charge on any atom is -0.387 e. The lowest BCUT2D eigenvalue weighted by Crippen LogP contribution is -2.34. The van der Waals surface area contributed by atoms with Crippen LogP contribution in [0.1, 0.15) is 51.9 Å². The molecule has 2 heteroatoms. The first kappa shape index (κ1) is 9.47. The molecule has 76 valence electrons. The van der Waals surface area contributed by atoms with E-state index in [0.29, 0.717) is 6.61 Å². The Balaban J connectivity index is 2.02. The summed E-state index contributed by atoms with van der Waals surface area (Å²) in [5, 5.41) is 10.1. The zero-order chi connectivity index (χ0) is 9.36. The molecule has 0 radical (unpaired) electrons. The Morgan fingerprint density at radius 2 is 1.92 bits per heavy atom. The summed E-state index contributed by atoms with van der Waals surface area (Å²) in [6.07, 6.45) is 7.92. The van der Waals surface area contributed by atoms with Gasteiger partial charge in [0.1, 0.15) is 0 Å². The molecular weight excluding hydrogens is 164 g/mol. The molecule has 1 saturated carbocycles. The van der Waals surface area contributed by atoms with Crippen molar-refractivity contribution in [3.63, 3.8) is 0 Å². The summed E-state index contributed by atoms with van der Waals surface area (Å²) in [5.41, 5.74) is -0.458. The average Bonchev–Trinajstić information content (AvgIpc) is 2.47. The largest absolute Gasteiger partial charge is 0.387 e. The van der Waals surface area contributed by atoms with E-state index < -0.39 is 5.60 Å². The normalized spacial score (nSPS) is 38.3. The van der Waals surface area contributed by atoms with Gasteiger partial charge in [0.15, 0.2) is 0 Å². The zero-order valence-electron chi connectivity index (χ0n) is 8.51. The summed E-state index contributed by atoms with van der Waals surface area (Å²) in [6, 6.07) is 0. The van der Waals surface area contributed by atoms with Crippen molar-refractivity contribution in [2.24, 2.45) is 0 Å². The first-order chi connectivity index (χ1) is 6.18. The fraction of sp³-hybridized carbons (Fsp3) is 1.00. The molecule has 1 aliphatic heterocycles. The molecule has 0 bridgehead atoms. The third-order valence-electron chi connectivity index (χ3n) is 3.72. The first-order valence-corrected chi connectivity index (χ1v) is 5.54. The van der Waals surface area contributed by atoms with E-state index in [4.69, 9.17) is 4.74 Å². The molecule has 1 saturated heterocycles. The van der Waals surface area contributed by atoms with Gasteiger partial charge in [0.25, 0.3) is 0 Å². The minimum absolute atomic E-state index is 0.0585. The van der Waals surface area contributed by atoms with E-state index in [0.717, 1.165) is 25.7 Å². The Labute approximate surface area is 80.3 Å². The second kappa shape index (κ2) is 3.25. The fourth-order valence-electron chi connectivity index (χ4n) is 2.73. The molecule has 0 aromatic heterocycles. The van der Waals surface area contributed by atoms with Crippen LogP contribution in [0.4, 0.5) is 0 Å². The second-order valence-corrected chi connectivity index (χ2v) is 4.79. The molecule has 1 atom stereocenters. The monoisotopic (exact) mass is 184 g/mol. The van der Waals surface area contributed by atoms with Crippen LogP contribution in [0.2, 0.25) is 0 Å². The van der Waals surface area contributed by atoms with E-state index in [2.05, 4.69) is 0 Å². The maximum Gasteiger partial charge on any atom is 0.0905 e. The molecular formula is C11H20O2. The molecule has 2 aliphatic rings. The number of hydrogen-bond donors (Lipinski definition) is 1. The van der Waals surface area contributed by atoms with Crippen LogP contribution >= 0.6 is 0 Å². The van der Waals surface area contributed by atoms with Gasteiger partial charge >= 0.3 is 0 Å². The average molecular weight is 184 g/mol. The molecule has 0 aromatic carbocycles. The van der Waals surface area contributed by atoms with E-state index in [1.165, 1.54) is 19.3 Å². The first-order valence-electron chi connectivity index (χ1n) is 5.54. The van der Waals surface area contributed by atoms with E-state index in [9.17, 15) is 5.11 Å². The van der Waals surface area contributed by atoms with Crippen LogP contribution < -0.4 is 0 Å². The van der Waals surface area contributed by atoms with Crippen molar-refractivity contribution in [2.75, 3.05) is 6.61 Å². The topological polar surface area (TPSA) is 29.5 Å². The molecule has 0 amide bonds. The van der Waals surface area contributed by atoms with Crippen LogP contribution in [0.15, 0.2) is 0 Å². The van der Waals surface area contributed by atoms with Crippen LogP contribution in [0.5, 0.6) is 0 Å². The SMILES string of the molecule is CCC1(O)COC2(CCCCC2)C1. The van der Waals surface area contributed by atoms with Gasteiger partial charge in [-0.2, -0.15) is 0 Å². The van der Waals surface area contributed by atoms with Gasteiger partial charge in [-0.05, 0) is 19.3 Å². The van der Waals surface area contributed by atoms with Gasteiger partial charge in [-0.3, -0.25) is 0 Å². The Bertz CT molecular complexity index is 185. The predicted molar refractivity (Wildman–Crippen MR) is 51.6 cm³/mol. The second-order valence-electron chi connectivity index (χ2n) is 4.79. The summed E-state index contributed by atoms with van der Waals surface area (Å²) in [4.78, 5) is 0. The van der Waals surface area contributed by atoms with Crippen molar-refractivity contribution in [3.05, 3.63) is 0 Å². The van der Waals surface area contributed by atoms with Gasteiger partial charge < -0.3 is 9.84 Å². The van der Waals surface area contributed by atoms with E-state index in [1.54, 1.807) is 0 Å². The lowest BCUT2D eigenvalue weighted by atomic mass is 9.79. The molecule has 0 aromatic rings. The molecule has 1 spiro atoms. The van der Waals surface area contributed by atoms with Gasteiger partial charge in [0, 0.05) is 6.42 Å². The molecule has 2 nitrogen and oxygen atoms in total. The van der Waals surface area contributed by atoms with Gasteiger partial charge in [-0.15, -0.1) is 0 Å². The summed E-state index contributed by atoms with van der Waals surface area (Å²) >= 11 is 0. The van der Waals surface area contributed by atoms with Gasteiger partial charge in [-0.25, -0.2) is 0 Å².